The van der Waals surface area contributed by atoms with Crippen LogP contribution in [0.15, 0.2) is 53.9 Å². The molecule has 25 heavy (non-hydrogen) atoms. The molecule has 3 rings (SSSR count). The fourth-order valence-corrected chi connectivity index (χ4v) is 3.35. The third kappa shape index (κ3) is 5.42. The van der Waals surface area contributed by atoms with Crippen LogP contribution in [0.2, 0.25) is 0 Å². The van der Waals surface area contributed by atoms with Crippen LogP contribution in [0.3, 0.4) is 0 Å². The first kappa shape index (κ1) is 19.2. The average Bonchev–Trinajstić information content (AvgIpc) is 2.97. The predicted molar refractivity (Wildman–Crippen MR) is 103 cm³/mol. The van der Waals surface area contributed by atoms with Crippen molar-refractivity contribution < 1.29 is 12.8 Å². The molecule has 0 aliphatic rings. The number of rotatable bonds is 5. The number of hydrogen-bond donors (Lipinski definition) is 2. The molecule has 1 heterocycles. The predicted octanol–water partition coefficient (Wildman–Crippen LogP) is 4.49. The molecule has 2 N–H and O–H groups in total. The minimum atomic E-state index is -3.29. The van der Waals surface area contributed by atoms with Gasteiger partial charge in [0.1, 0.15) is 5.82 Å². The van der Waals surface area contributed by atoms with Crippen molar-refractivity contribution in [2.75, 3.05) is 16.3 Å². The Morgan fingerprint density at radius 2 is 1.60 bits per heavy atom. The summed E-state index contributed by atoms with van der Waals surface area (Å²) >= 11 is 1.43. The topological polar surface area (TPSA) is 71.1 Å². The molecule has 0 aliphatic heterocycles. The number of benzene rings is 2. The van der Waals surface area contributed by atoms with Crippen LogP contribution in [0.4, 0.5) is 20.9 Å². The van der Waals surface area contributed by atoms with E-state index in [0.717, 1.165) is 23.2 Å². The van der Waals surface area contributed by atoms with Gasteiger partial charge in [-0.15, -0.1) is 23.7 Å². The van der Waals surface area contributed by atoms with Crippen molar-refractivity contribution >= 4 is 50.3 Å². The summed E-state index contributed by atoms with van der Waals surface area (Å²) in [6, 6.07) is 13.0. The summed E-state index contributed by atoms with van der Waals surface area (Å²) in [6.07, 6.45) is 1.11. The number of sulfonamides is 1. The van der Waals surface area contributed by atoms with E-state index in [-0.39, 0.29) is 18.2 Å². The summed E-state index contributed by atoms with van der Waals surface area (Å²) in [7, 11) is -3.29. The number of anilines is 3. The van der Waals surface area contributed by atoms with Crippen molar-refractivity contribution in [3.8, 4) is 11.3 Å². The Bertz CT molecular complexity index is 942. The normalized spacial score (nSPS) is 10.8. The number of aromatic nitrogens is 1. The highest BCUT2D eigenvalue weighted by Crippen LogP contribution is 2.28. The molecule has 0 aliphatic carbocycles. The molecule has 1 aromatic heterocycles. The minimum Gasteiger partial charge on any atom is -0.332 e. The first-order chi connectivity index (χ1) is 11.4. The van der Waals surface area contributed by atoms with Crippen LogP contribution in [0, 0.1) is 5.82 Å². The van der Waals surface area contributed by atoms with Gasteiger partial charge in [-0.25, -0.2) is 17.8 Å². The van der Waals surface area contributed by atoms with E-state index >= 15 is 0 Å². The molecule has 0 fully saturated rings. The largest absolute Gasteiger partial charge is 0.332 e. The van der Waals surface area contributed by atoms with Gasteiger partial charge in [0.05, 0.1) is 11.9 Å². The molecule has 0 atom stereocenters. The first-order valence-corrected chi connectivity index (χ1v) is 9.72. The lowest BCUT2D eigenvalue weighted by Crippen LogP contribution is -2.09. The van der Waals surface area contributed by atoms with Crippen molar-refractivity contribution in [3.05, 3.63) is 59.7 Å². The Morgan fingerprint density at radius 1 is 1.00 bits per heavy atom. The van der Waals surface area contributed by atoms with E-state index in [0.29, 0.717) is 10.8 Å². The zero-order valence-electron chi connectivity index (χ0n) is 13.1. The summed E-state index contributed by atoms with van der Waals surface area (Å²) < 4.78 is 37.7. The molecule has 0 amide bonds. The number of thiazole rings is 1. The molecule has 5 nitrogen and oxygen atoms in total. The SMILES string of the molecule is CS(=O)(=O)Nc1ccc(-c2csc(Nc3ccc(F)cc3)n2)cc1.Cl. The highest BCUT2D eigenvalue weighted by atomic mass is 35.5. The van der Waals surface area contributed by atoms with Gasteiger partial charge < -0.3 is 5.32 Å². The van der Waals surface area contributed by atoms with Crippen LogP contribution >= 0.6 is 23.7 Å². The standard InChI is InChI=1S/C16H14FN3O2S2.ClH/c1-24(21,22)20-14-6-2-11(3-7-14)15-10-23-16(19-15)18-13-8-4-12(17)5-9-13;/h2-10,20H,1H3,(H,18,19);1H. The third-order valence-electron chi connectivity index (χ3n) is 3.08. The smallest absolute Gasteiger partial charge is 0.229 e. The van der Waals surface area contributed by atoms with E-state index in [2.05, 4.69) is 15.0 Å². The Labute approximate surface area is 155 Å². The maximum atomic E-state index is 12.9. The fraction of sp³-hybridized carbons (Fsp3) is 0.0625. The maximum absolute atomic E-state index is 12.9. The van der Waals surface area contributed by atoms with E-state index in [9.17, 15) is 12.8 Å². The lowest BCUT2D eigenvalue weighted by atomic mass is 10.1. The molecule has 3 aromatic rings. The summed E-state index contributed by atoms with van der Waals surface area (Å²) in [5.74, 6) is -0.289. The molecule has 0 unspecified atom stereocenters. The van der Waals surface area contributed by atoms with Crippen LogP contribution in [-0.4, -0.2) is 19.7 Å². The van der Waals surface area contributed by atoms with Gasteiger partial charge in [0.2, 0.25) is 10.0 Å². The fourth-order valence-electron chi connectivity index (χ4n) is 2.04. The summed E-state index contributed by atoms with van der Waals surface area (Å²) in [5, 5.41) is 5.70. The molecule has 132 valence electrons. The molecule has 0 spiro atoms. The number of hydrogen-bond acceptors (Lipinski definition) is 5. The van der Waals surface area contributed by atoms with Crippen molar-refractivity contribution in [2.24, 2.45) is 0 Å². The zero-order chi connectivity index (χ0) is 17.2. The van der Waals surface area contributed by atoms with Gasteiger partial charge >= 0.3 is 0 Å². The van der Waals surface area contributed by atoms with Crippen molar-refractivity contribution in [1.82, 2.24) is 4.98 Å². The molecule has 0 bridgehead atoms. The molecule has 0 radical (unpaired) electrons. The van der Waals surface area contributed by atoms with Crippen LogP contribution in [0.5, 0.6) is 0 Å². The van der Waals surface area contributed by atoms with E-state index in [1.807, 2.05) is 5.38 Å². The second kappa shape index (κ2) is 7.81. The molecule has 9 heteroatoms. The van der Waals surface area contributed by atoms with Crippen LogP contribution < -0.4 is 10.0 Å². The van der Waals surface area contributed by atoms with Gasteiger partial charge in [0.25, 0.3) is 0 Å². The van der Waals surface area contributed by atoms with Gasteiger partial charge in [0.15, 0.2) is 5.13 Å². The van der Waals surface area contributed by atoms with Crippen LogP contribution in [0.1, 0.15) is 0 Å². The number of nitrogens with one attached hydrogen (secondary N) is 2. The van der Waals surface area contributed by atoms with Crippen molar-refractivity contribution in [1.29, 1.82) is 0 Å². The van der Waals surface area contributed by atoms with Gasteiger partial charge in [-0.2, -0.15) is 0 Å². The van der Waals surface area contributed by atoms with E-state index < -0.39 is 10.0 Å². The lowest BCUT2D eigenvalue weighted by Gasteiger charge is -2.04. The van der Waals surface area contributed by atoms with Gasteiger partial charge in [-0.3, -0.25) is 4.72 Å². The highest BCUT2D eigenvalue weighted by molar-refractivity contribution is 7.92. The summed E-state index contributed by atoms with van der Waals surface area (Å²) in [4.78, 5) is 4.48. The van der Waals surface area contributed by atoms with Crippen LogP contribution in [0.25, 0.3) is 11.3 Å². The lowest BCUT2D eigenvalue weighted by molar-refractivity contribution is 0.607. The summed E-state index contributed by atoms with van der Waals surface area (Å²) in [6.45, 7) is 0. The van der Waals surface area contributed by atoms with Crippen LogP contribution in [-0.2, 0) is 10.0 Å². The Morgan fingerprint density at radius 3 is 2.20 bits per heavy atom. The first-order valence-electron chi connectivity index (χ1n) is 6.95. The molecular formula is C16H15ClFN3O2S2. The van der Waals surface area contributed by atoms with Gasteiger partial charge in [0, 0.05) is 22.3 Å². The molecule has 0 saturated heterocycles. The Hall–Kier alpha value is -2.16. The Balaban J connectivity index is 0.00000225. The third-order valence-corrected chi connectivity index (χ3v) is 4.45. The zero-order valence-corrected chi connectivity index (χ0v) is 15.5. The monoisotopic (exact) mass is 399 g/mol. The van der Waals surface area contributed by atoms with Gasteiger partial charge in [-0.05, 0) is 36.4 Å². The number of nitrogens with zero attached hydrogens (tertiary/aromatic N) is 1. The summed E-state index contributed by atoms with van der Waals surface area (Å²) in [5.41, 5.74) is 2.90. The van der Waals surface area contributed by atoms with E-state index in [1.165, 1.54) is 23.5 Å². The second-order valence-electron chi connectivity index (χ2n) is 5.12. The van der Waals surface area contributed by atoms with Gasteiger partial charge in [-0.1, -0.05) is 12.1 Å². The quantitative estimate of drug-likeness (QED) is 0.663. The Kier molecular flexibility index (Phi) is 5.99. The minimum absolute atomic E-state index is 0. The van der Waals surface area contributed by atoms with Crippen molar-refractivity contribution in [2.45, 2.75) is 0 Å². The van der Waals surface area contributed by atoms with E-state index in [1.54, 1.807) is 36.4 Å². The maximum Gasteiger partial charge on any atom is 0.229 e. The highest BCUT2D eigenvalue weighted by Gasteiger charge is 2.07. The molecule has 0 saturated carbocycles. The van der Waals surface area contributed by atoms with Crippen molar-refractivity contribution in [3.63, 3.8) is 0 Å². The molecule has 2 aromatic carbocycles. The molecular weight excluding hydrogens is 385 g/mol. The second-order valence-corrected chi connectivity index (χ2v) is 7.73. The number of halogens is 2. The van der Waals surface area contributed by atoms with E-state index in [4.69, 9.17) is 0 Å². The average molecular weight is 400 g/mol.